The molecular weight excluding hydrogens is 196 g/mol. The number of anilines is 2. The summed E-state index contributed by atoms with van der Waals surface area (Å²) in [7, 11) is 1.82. The van der Waals surface area contributed by atoms with Crippen LogP contribution in [0.5, 0.6) is 0 Å². The number of rotatable bonds is 5. The number of nitrogens with zero attached hydrogens (tertiary/aromatic N) is 2. The molecule has 0 radical (unpaired) electrons. The zero-order chi connectivity index (χ0) is 11.3. The molecule has 0 aromatic carbocycles. The van der Waals surface area contributed by atoms with Crippen molar-refractivity contribution in [3.63, 3.8) is 0 Å². The van der Waals surface area contributed by atoms with Crippen LogP contribution in [0.3, 0.4) is 0 Å². The van der Waals surface area contributed by atoms with E-state index in [0.29, 0.717) is 25.6 Å². The van der Waals surface area contributed by atoms with Crippen molar-refractivity contribution in [1.29, 1.82) is 0 Å². The number of ether oxygens (including phenoxy) is 1. The molecule has 0 aliphatic rings. The lowest BCUT2D eigenvalue weighted by molar-refractivity contribution is 0.154. The highest BCUT2D eigenvalue weighted by Crippen LogP contribution is 2.11. The largest absolute Gasteiger partial charge is 0.391 e. The Bertz CT molecular complexity index is 363. The van der Waals surface area contributed by atoms with Gasteiger partial charge in [0.25, 0.3) is 5.56 Å². The number of H-pyrrole nitrogens is 1. The van der Waals surface area contributed by atoms with Crippen molar-refractivity contribution in [2.75, 3.05) is 37.4 Å². The van der Waals surface area contributed by atoms with E-state index in [9.17, 15) is 4.79 Å². The van der Waals surface area contributed by atoms with Crippen molar-refractivity contribution < 1.29 is 4.74 Å². The first-order chi connectivity index (χ1) is 7.16. The maximum Gasteiger partial charge on any atom is 0.276 e. The van der Waals surface area contributed by atoms with Gasteiger partial charge in [-0.1, -0.05) is 0 Å². The minimum absolute atomic E-state index is 0.136. The smallest absolute Gasteiger partial charge is 0.276 e. The summed E-state index contributed by atoms with van der Waals surface area (Å²) in [6, 6.07) is 0. The number of nitrogen functional groups attached to an aromatic ring is 1. The molecule has 6 heteroatoms. The summed E-state index contributed by atoms with van der Waals surface area (Å²) in [6.07, 6.45) is 1.34. The van der Waals surface area contributed by atoms with E-state index in [4.69, 9.17) is 10.5 Å². The summed E-state index contributed by atoms with van der Waals surface area (Å²) in [5.74, 6) is 0.485. The standard InChI is InChI=1S/C9H16N4O2/c1-3-15-5-4-13(2)8-7(10)9(14)12-6-11-8/h6H,3-5,10H2,1-2H3,(H,11,12,14). The van der Waals surface area contributed by atoms with Crippen molar-refractivity contribution in [3.8, 4) is 0 Å². The molecule has 0 spiro atoms. The number of hydrogen-bond donors (Lipinski definition) is 2. The second-order valence-electron chi connectivity index (χ2n) is 3.09. The molecule has 0 bridgehead atoms. The van der Waals surface area contributed by atoms with Crippen LogP contribution in [0.2, 0.25) is 0 Å². The molecule has 0 saturated carbocycles. The summed E-state index contributed by atoms with van der Waals surface area (Å²) in [6.45, 7) is 3.83. The van der Waals surface area contributed by atoms with Gasteiger partial charge in [-0.05, 0) is 6.92 Å². The lowest BCUT2D eigenvalue weighted by Gasteiger charge is -2.18. The number of likely N-dealkylation sites (N-methyl/N-ethyl adjacent to an activating group) is 1. The van der Waals surface area contributed by atoms with Crippen LogP contribution in [-0.2, 0) is 4.74 Å². The van der Waals surface area contributed by atoms with Crippen molar-refractivity contribution in [1.82, 2.24) is 9.97 Å². The van der Waals surface area contributed by atoms with Crippen molar-refractivity contribution in [3.05, 3.63) is 16.7 Å². The van der Waals surface area contributed by atoms with Gasteiger partial charge in [-0.3, -0.25) is 4.79 Å². The predicted octanol–water partition coefficient (Wildman–Crippen LogP) is -0.175. The Morgan fingerprint density at radius 1 is 1.67 bits per heavy atom. The summed E-state index contributed by atoms with van der Waals surface area (Å²) >= 11 is 0. The van der Waals surface area contributed by atoms with E-state index in [1.165, 1.54) is 6.33 Å². The van der Waals surface area contributed by atoms with Gasteiger partial charge < -0.3 is 20.4 Å². The third-order valence-electron chi connectivity index (χ3n) is 2.00. The first-order valence-electron chi connectivity index (χ1n) is 4.78. The van der Waals surface area contributed by atoms with Crippen LogP contribution < -0.4 is 16.2 Å². The molecule has 1 aromatic rings. The Balaban J connectivity index is 2.69. The summed E-state index contributed by atoms with van der Waals surface area (Å²) in [5.41, 5.74) is 5.42. The molecule has 0 aliphatic carbocycles. The highest BCUT2D eigenvalue weighted by atomic mass is 16.5. The van der Waals surface area contributed by atoms with Crippen molar-refractivity contribution >= 4 is 11.5 Å². The Hall–Kier alpha value is -1.56. The molecule has 0 saturated heterocycles. The van der Waals surface area contributed by atoms with Gasteiger partial charge in [0.05, 0.1) is 12.9 Å². The SMILES string of the molecule is CCOCCN(C)c1nc[nH]c(=O)c1N. The molecule has 3 N–H and O–H groups in total. The van der Waals surface area contributed by atoms with E-state index < -0.39 is 0 Å². The first kappa shape index (κ1) is 11.5. The van der Waals surface area contributed by atoms with Gasteiger partial charge in [0.15, 0.2) is 5.82 Å². The van der Waals surface area contributed by atoms with Crippen LogP contribution >= 0.6 is 0 Å². The Labute approximate surface area is 88.1 Å². The Morgan fingerprint density at radius 2 is 2.40 bits per heavy atom. The minimum Gasteiger partial charge on any atom is -0.391 e. The van der Waals surface area contributed by atoms with Gasteiger partial charge in [-0.15, -0.1) is 0 Å². The molecule has 1 rings (SSSR count). The fourth-order valence-electron chi connectivity index (χ4n) is 1.16. The molecule has 1 heterocycles. The first-order valence-corrected chi connectivity index (χ1v) is 4.78. The molecule has 84 valence electrons. The Kier molecular flexibility index (Phi) is 4.11. The van der Waals surface area contributed by atoms with Gasteiger partial charge in [0.2, 0.25) is 0 Å². The molecule has 15 heavy (non-hydrogen) atoms. The van der Waals surface area contributed by atoms with E-state index in [1.54, 1.807) is 4.90 Å². The van der Waals surface area contributed by atoms with E-state index in [-0.39, 0.29) is 11.2 Å². The lowest BCUT2D eigenvalue weighted by Crippen LogP contribution is -2.27. The molecule has 0 fully saturated rings. The van der Waals surface area contributed by atoms with Crippen molar-refractivity contribution in [2.24, 2.45) is 0 Å². The molecule has 1 aromatic heterocycles. The maximum atomic E-state index is 11.2. The monoisotopic (exact) mass is 212 g/mol. The van der Waals surface area contributed by atoms with E-state index in [2.05, 4.69) is 9.97 Å². The third kappa shape index (κ3) is 2.95. The maximum absolute atomic E-state index is 11.2. The number of hydrogen-bond acceptors (Lipinski definition) is 5. The van der Waals surface area contributed by atoms with Crippen LogP contribution in [0, 0.1) is 0 Å². The van der Waals surface area contributed by atoms with E-state index >= 15 is 0 Å². The molecular formula is C9H16N4O2. The quantitative estimate of drug-likeness (QED) is 0.662. The second-order valence-corrected chi connectivity index (χ2v) is 3.09. The summed E-state index contributed by atoms with van der Waals surface area (Å²) in [5, 5.41) is 0. The number of nitrogens with one attached hydrogen (secondary N) is 1. The molecule has 6 nitrogen and oxygen atoms in total. The average molecular weight is 212 g/mol. The average Bonchev–Trinajstić information content (AvgIpc) is 2.22. The molecule has 0 atom stereocenters. The fraction of sp³-hybridized carbons (Fsp3) is 0.556. The van der Waals surface area contributed by atoms with Gasteiger partial charge in [-0.25, -0.2) is 4.98 Å². The highest BCUT2D eigenvalue weighted by molar-refractivity contribution is 5.60. The van der Waals surface area contributed by atoms with Crippen LogP contribution in [0.4, 0.5) is 11.5 Å². The Morgan fingerprint density at radius 3 is 3.07 bits per heavy atom. The lowest BCUT2D eigenvalue weighted by atomic mass is 10.4. The summed E-state index contributed by atoms with van der Waals surface area (Å²) in [4.78, 5) is 19.4. The van der Waals surface area contributed by atoms with E-state index in [0.717, 1.165) is 0 Å². The van der Waals surface area contributed by atoms with Gasteiger partial charge in [-0.2, -0.15) is 0 Å². The zero-order valence-electron chi connectivity index (χ0n) is 8.99. The number of nitrogens with two attached hydrogens (primary N) is 1. The molecule has 0 unspecified atom stereocenters. The van der Waals surface area contributed by atoms with Crippen LogP contribution in [0.15, 0.2) is 11.1 Å². The van der Waals surface area contributed by atoms with Gasteiger partial charge >= 0.3 is 0 Å². The second kappa shape index (κ2) is 5.35. The summed E-state index contributed by atoms with van der Waals surface area (Å²) < 4.78 is 5.20. The normalized spacial score (nSPS) is 10.3. The molecule has 0 amide bonds. The van der Waals surface area contributed by atoms with E-state index in [1.807, 2.05) is 14.0 Å². The third-order valence-corrected chi connectivity index (χ3v) is 2.00. The van der Waals surface area contributed by atoms with Crippen molar-refractivity contribution in [2.45, 2.75) is 6.92 Å². The predicted molar refractivity (Wildman–Crippen MR) is 59.0 cm³/mol. The van der Waals surface area contributed by atoms with Crippen LogP contribution in [0.25, 0.3) is 0 Å². The van der Waals surface area contributed by atoms with Gasteiger partial charge in [0.1, 0.15) is 5.69 Å². The van der Waals surface area contributed by atoms with Gasteiger partial charge in [0, 0.05) is 20.2 Å². The number of aromatic amines is 1. The minimum atomic E-state index is -0.316. The zero-order valence-corrected chi connectivity index (χ0v) is 8.99. The van der Waals surface area contributed by atoms with Crippen LogP contribution in [0.1, 0.15) is 6.92 Å². The van der Waals surface area contributed by atoms with Crippen LogP contribution in [-0.4, -0.2) is 36.8 Å². The highest BCUT2D eigenvalue weighted by Gasteiger charge is 2.08. The number of aromatic nitrogens is 2. The topological polar surface area (TPSA) is 84.2 Å². The molecule has 0 aliphatic heterocycles. The fourth-order valence-corrected chi connectivity index (χ4v) is 1.16.